The Morgan fingerprint density at radius 2 is 1.94 bits per heavy atom. The maximum Gasteiger partial charge on any atom is 0.228 e. The summed E-state index contributed by atoms with van der Waals surface area (Å²) in [6.45, 7) is 6.52. The summed E-state index contributed by atoms with van der Waals surface area (Å²) in [5.74, 6) is 0.590. The standard InChI is InChI=1S/C13H24N2O.ClH/c1-5-11-10(3)14(4)12-8-6-7-9(2)15(12)13(11)16;/h9-12H,5-8H2,1-4H3;1H. The first-order chi connectivity index (χ1) is 7.57. The maximum atomic E-state index is 12.5. The first-order valence-electron chi connectivity index (χ1n) is 6.62. The number of carbonyl (C=O) groups is 1. The van der Waals surface area contributed by atoms with E-state index in [1.54, 1.807) is 0 Å². The van der Waals surface area contributed by atoms with E-state index in [1.807, 2.05) is 0 Å². The molecule has 2 fully saturated rings. The monoisotopic (exact) mass is 260 g/mol. The van der Waals surface area contributed by atoms with E-state index >= 15 is 0 Å². The van der Waals surface area contributed by atoms with Crippen molar-refractivity contribution in [3.63, 3.8) is 0 Å². The number of rotatable bonds is 1. The zero-order chi connectivity index (χ0) is 11.9. The van der Waals surface area contributed by atoms with Gasteiger partial charge in [-0.2, -0.15) is 0 Å². The van der Waals surface area contributed by atoms with E-state index in [4.69, 9.17) is 0 Å². The van der Waals surface area contributed by atoms with E-state index in [2.05, 4.69) is 37.6 Å². The molecule has 0 saturated carbocycles. The van der Waals surface area contributed by atoms with E-state index in [0.717, 1.165) is 12.8 Å². The zero-order valence-corrected chi connectivity index (χ0v) is 12.2. The lowest BCUT2D eigenvalue weighted by Gasteiger charge is -2.53. The lowest BCUT2D eigenvalue weighted by atomic mass is 9.87. The number of hydrogen-bond donors (Lipinski definition) is 0. The largest absolute Gasteiger partial charge is 0.324 e. The van der Waals surface area contributed by atoms with E-state index in [0.29, 0.717) is 24.2 Å². The van der Waals surface area contributed by atoms with Gasteiger partial charge in [0.25, 0.3) is 0 Å². The molecule has 0 aromatic heterocycles. The van der Waals surface area contributed by atoms with Crippen LogP contribution in [0, 0.1) is 5.92 Å². The molecule has 2 aliphatic rings. The highest BCUT2D eigenvalue weighted by atomic mass is 35.5. The molecule has 4 atom stereocenters. The number of carbonyl (C=O) groups excluding carboxylic acids is 1. The molecule has 0 aromatic rings. The Hall–Kier alpha value is -0.280. The van der Waals surface area contributed by atoms with Gasteiger partial charge in [-0.1, -0.05) is 6.92 Å². The number of nitrogens with zero attached hydrogens (tertiary/aromatic N) is 2. The van der Waals surface area contributed by atoms with Gasteiger partial charge in [-0.3, -0.25) is 9.69 Å². The predicted molar refractivity (Wildman–Crippen MR) is 72.2 cm³/mol. The van der Waals surface area contributed by atoms with Gasteiger partial charge in [0.1, 0.15) is 0 Å². The van der Waals surface area contributed by atoms with Crippen molar-refractivity contribution in [1.82, 2.24) is 9.80 Å². The highest BCUT2D eigenvalue weighted by Gasteiger charge is 2.45. The van der Waals surface area contributed by atoms with Crippen LogP contribution < -0.4 is 0 Å². The fourth-order valence-corrected chi connectivity index (χ4v) is 3.40. The molecule has 0 N–H and O–H groups in total. The molecule has 0 aromatic carbocycles. The van der Waals surface area contributed by atoms with Crippen LogP contribution in [-0.2, 0) is 4.79 Å². The molecule has 2 rings (SSSR count). The van der Waals surface area contributed by atoms with Crippen LogP contribution in [0.5, 0.6) is 0 Å². The third-order valence-corrected chi connectivity index (χ3v) is 4.59. The van der Waals surface area contributed by atoms with Crippen molar-refractivity contribution < 1.29 is 4.79 Å². The Bertz CT molecular complexity index is 285. The predicted octanol–water partition coefficient (Wildman–Crippen LogP) is 2.50. The Morgan fingerprint density at radius 1 is 1.29 bits per heavy atom. The Labute approximate surface area is 111 Å². The van der Waals surface area contributed by atoms with E-state index in [-0.39, 0.29) is 18.3 Å². The fraction of sp³-hybridized carbons (Fsp3) is 0.923. The van der Waals surface area contributed by atoms with Crippen LogP contribution in [0.4, 0.5) is 0 Å². The molecule has 1 amide bonds. The minimum absolute atomic E-state index is 0. The molecular weight excluding hydrogens is 236 g/mol. The number of piperidine rings is 1. The average molecular weight is 261 g/mol. The van der Waals surface area contributed by atoms with E-state index < -0.39 is 0 Å². The lowest BCUT2D eigenvalue weighted by molar-refractivity contribution is -0.163. The maximum absolute atomic E-state index is 12.5. The summed E-state index contributed by atoms with van der Waals surface area (Å²) < 4.78 is 0. The van der Waals surface area contributed by atoms with Crippen LogP contribution in [0.2, 0.25) is 0 Å². The third-order valence-electron chi connectivity index (χ3n) is 4.59. The summed E-state index contributed by atoms with van der Waals surface area (Å²) in [5.41, 5.74) is 0. The molecule has 0 bridgehead atoms. The first-order valence-corrected chi connectivity index (χ1v) is 6.62. The van der Waals surface area contributed by atoms with Crippen molar-refractivity contribution in [2.45, 2.75) is 64.7 Å². The summed E-state index contributed by atoms with van der Waals surface area (Å²) in [5, 5.41) is 0. The molecule has 100 valence electrons. The summed E-state index contributed by atoms with van der Waals surface area (Å²) in [6.07, 6.45) is 4.88. The molecule has 4 unspecified atom stereocenters. The SMILES string of the molecule is CCC1C(=O)N2C(C)CCCC2N(C)C1C.Cl. The van der Waals surface area contributed by atoms with Crippen LogP contribution in [-0.4, -0.2) is 41.0 Å². The summed E-state index contributed by atoms with van der Waals surface area (Å²) in [4.78, 5) is 17.0. The van der Waals surface area contributed by atoms with Crippen LogP contribution in [0.25, 0.3) is 0 Å². The molecule has 2 heterocycles. The molecule has 0 spiro atoms. The van der Waals surface area contributed by atoms with Gasteiger partial charge in [0, 0.05) is 12.1 Å². The van der Waals surface area contributed by atoms with E-state index in [1.165, 1.54) is 12.8 Å². The van der Waals surface area contributed by atoms with Crippen molar-refractivity contribution in [3.8, 4) is 0 Å². The minimum atomic E-state index is 0. The minimum Gasteiger partial charge on any atom is -0.324 e. The van der Waals surface area contributed by atoms with Crippen LogP contribution in [0.3, 0.4) is 0 Å². The zero-order valence-electron chi connectivity index (χ0n) is 11.3. The summed E-state index contributed by atoms with van der Waals surface area (Å²) in [7, 11) is 2.18. The summed E-state index contributed by atoms with van der Waals surface area (Å²) >= 11 is 0. The molecule has 0 radical (unpaired) electrons. The first kappa shape index (κ1) is 14.8. The van der Waals surface area contributed by atoms with Gasteiger partial charge in [0.2, 0.25) is 5.91 Å². The van der Waals surface area contributed by atoms with Crippen LogP contribution in [0.1, 0.15) is 46.5 Å². The molecule has 2 aliphatic heterocycles. The van der Waals surface area contributed by atoms with E-state index in [9.17, 15) is 4.79 Å². The second-order valence-corrected chi connectivity index (χ2v) is 5.43. The summed E-state index contributed by atoms with van der Waals surface area (Å²) in [6, 6.07) is 0.819. The van der Waals surface area contributed by atoms with Gasteiger partial charge in [0.05, 0.1) is 12.1 Å². The van der Waals surface area contributed by atoms with Gasteiger partial charge in [0.15, 0.2) is 0 Å². The Morgan fingerprint density at radius 3 is 2.53 bits per heavy atom. The molecule has 0 aliphatic carbocycles. The average Bonchev–Trinajstić information content (AvgIpc) is 2.26. The third kappa shape index (κ3) is 2.32. The van der Waals surface area contributed by atoms with Gasteiger partial charge in [-0.25, -0.2) is 0 Å². The van der Waals surface area contributed by atoms with Crippen molar-refractivity contribution >= 4 is 18.3 Å². The number of hydrogen-bond acceptors (Lipinski definition) is 2. The molecule has 2 saturated heterocycles. The van der Waals surface area contributed by atoms with Crippen LogP contribution in [0.15, 0.2) is 0 Å². The highest BCUT2D eigenvalue weighted by Crippen LogP contribution is 2.34. The van der Waals surface area contributed by atoms with Crippen molar-refractivity contribution in [1.29, 1.82) is 0 Å². The molecule has 17 heavy (non-hydrogen) atoms. The fourth-order valence-electron chi connectivity index (χ4n) is 3.40. The Kier molecular flexibility index (Phi) is 4.85. The van der Waals surface area contributed by atoms with Gasteiger partial charge in [-0.15, -0.1) is 12.4 Å². The normalized spacial score (nSPS) is 38.6. The van der Waals surface area contributed by atoms with Crippen molar-refractivity contribution in [3.05, 3.63) is 0 Å². The Balaban J connectivity index is 0.00000144. The molecule has 3 nitrogen and oxygen atoms in total. The highest BCUT2D eigenvalue weighted by molar-refractivity contribution is 5.85. The lowest BCUT2D eigenvalue weighted by Crippen LogP contribution is -2.65. The second kappa shape index (κ2) is 5.57. The molecular formula is C13H25ClN2O. The smallest absolute Gasteiger partial charge is 0.228 e. The number of halogens is 1. The number of amides is 1. The van der Waals surface area contributed by atoms with Crippen molar-refractivity contribution in [2.24, 2.45) is 5.92 Å². The van der Waals surface area contributed by atoms with Gasteiger partial charge < -0.3 is 4.90 Å². The quantitative estimate of drug-likeness (QED) is 0.723. The van der Waals surface area contributed by atoms with Gasteiger partial charge in [-0.05, 0) is 46.6 Å². The number of fused-ring (bicyclic) bond motifs is 1. The second-order valence-electron chi connectivity index (χ2n) is 5.43. The molecule has 4 heteroatoms. The van der Waals surface area contributed by atoms with Gasteiger partial charge >= 0.3 is 0 Å². The van der Waals surface area contributed by atoms with Crippen LogP contribution >= 0.6 is 12.4 Å². The van der Waals surface area contributed by atoms with Crippen molar-refractivity contribution in [2.75, 3.05) is 7.05 Å². The topological polar surface area (TPSA) is 23.6 Å².